The van der Waals surface area contributed by atoms with Crippen molar-refractivity contribution in [2.24, 2.45) is 17.3 Å². The van der Waals surface area contributed by atoms with Gasteiger partial charge in [-0.05, 0) is 80.1 Å². The van der Waals surface area contributed by atoms with Crippen LogP contribution in [0.3, 0.4) is 0 Å². The third-order valence-electron chi connectivity index (χ3n) is 7.20. The van der Waals surface area contributed by atoms with Crippen LogP contribution < -0.4 is 20.5 Å². The van der Waals surface area contributed by atoms with Crippen LogP contribution >= 0.6 is 11.8 Å². The van der Waals surface area contributed by atoms with Crippen LogP contribution in [0.25, 0.3) is 5.69 Å². The number of carbonyl (C=O) groups excluding carboxylic acids is 3. The highest BCUT2D eigenvalue weighted by molar-refractivity contribution is 8.16. The normalized spacial score (nSPS) is 15.5. The topological polar surface area (TPSA) is 137 Å². The minimum absolute atomic E-state index is 0.125. The van der Waals surface area contributed by atoms with Gasteiger partial charge in [-0.15, -0.1) is 5.10 Å². The lowest BCUT2D eigenvalue weighted by atomic mass is 10.2. The number of methoxy groups -OCH3 is 1. The van der Waals surface area contributed by atoms with Crippen molar-refractivity contribution in [2.45, 2.75) is 25.5 Å². The van der Waals surface area contributed by atoms with Gasteiger partial charge in [-0.25, -0.2) is 14.4 Å². The molecule has 0 bridgehead atoms. The molecule has 1 atom stereocenters. The number of amides is 2. The Balaban J connectivity index is 1.43. The van der Waals surface area contributed by atoms with Crippen molar-refractivity contribution < 1.29 is 23.9 Å². The van der Waals surface area contributed by atoms with Crippen molar-refractivity contribution in [1.82, 2.24) is 9.36 Å². The first kappa shape index (κ1) is 32.0. The fourth-order valence-electron chi connectivity index (χ4n) is 4.80. The number of amidine groups is 1. The van der Waals surface area contributed by atoms with Crippen molar-refractivity contribution in [2.75, 3.05) is 23.9 Å². The number of anilines is 2. The lowest BCUT2D eigenvalue weighted by Gasteiger charge is -2.14. The minimum Gasteiger partial charge on any atom is -0.497 e. The van der Waals surface area contributed by atoms with Crippen LogP contribution in [0.5, 0.6) is 5.75 Å². The maximum absolute atomic E-state index is 13.9. The zero-order valence-corrected chi connectivity index (χ0v) is 26.5. The van der Waals surface area contributed by atoms with E-state index in [-0.39, 0.29) is 23.9 Å². The van der Waals surface area contributed by atoms with E-state index in [2.05, 4.69) is 15.5 Å². The molecule has 1 aromatic heterocycles. The van der Waals surface area contributed by atoms with E-state index in [1.165, 1.54) is 15.8 Å². The maximum Gasteiger partial charge on any atom is 0.338 e. The van der Waals surface area contributed by atoms with Crippen molar-refractivity contribution in [3.8, 4) is 11.4 Å². The second-order valence-corrected chi connectivity index (χ2v) is 11.3. The van der Waals surface area contributed by atoms with Crippen molar-refractivity contribution in [1.29, 1.82) is 0 Å². The number of nitrogens with one attached hydrogen (secondary N) is 1. The summed E-state index contributed by atoms with van der Waals surface area (Å²) in [5.41, 5.74) is 2.42. The van der Waals surface area contributed by atoms with Gasteiger partial charge in [-0.3, -0.25) is 19.1 Å². The molecular weight excluding hydrogens is 608 g/mol. The molecule has 1 fully saturated rings. The van der Waals surface area contributed by atoms with Crippen molar-refractivity contribution >= 4 is 52.3 Å². The van der Waals surface area contributed by atoms with E-state index < -0.39 is 28.6 Å². The quantitative estimate of drug-likeness (QED) is 0.153. The average molecular weight is 641 g/mol. The molecule has 0 radical (unpaired) electrons. The Labute approximate surface area is 269 Å². The molecule has 4 aromatic rings. The fourth-order valence-corrected chi connectivity index (χ4v) is 5.88. The van der Waals surface area contributed by atoms with Crippen LogP contribution in [0.4, 0.5) is 11.4 Å². The molecule has 1 aliphatic rings. The lowest BCUT2D eigenvalue weighted by molar-refractivity contribution is -0.121. The highest BCUT2D eigenvalue weighted by Gasteiger charge is 2.43. The van der Waals surface area contributed by atoms with E-state index in [0.29, 0.717) is 28.4 Å². The predicted molar refractivity (Wildman–Crippen MR) is 178 cm³/mol. The standard InChI is InChI=1S/C33H32N6O6S/c1-5-45-32(43)23-13-15-24(16-14-23)35-28(40)19-27-30(41)38(33(46-27)36-34-20-22-11-17-26(44-4)18-12-22)29-21(2)37(3)39(31(29)42)25-9-7-6-8-10-25/h6-18,20,27H,5,19H2,1-4H3,(H,35,40)/b34-20-,36-33+/t27-/m0/s1. The van der Waals surface area contributed by atoms with Gasteiger partial charge in [0.15, 0.2) is 5.17 Å². The Morgan fingerprint density at radius 3 is 2.35 bits per heavy atom. The third-order valence-corrected chi connectivity index (χ3v) is 8.33. The Kier molecular flexibility index (Phi) is 9.82. The number of thioether (sulfide) groups is 1. The highest BCUT2D eigenvalue weighted by Crippen LogP contribution is 2.34. The molecule has 1 aliphatic heterocycles. The number of benzene rings is 3. The number of ether oxygens (including phenoxy) is 2. The van der Waals surface area contributed by atoms with E-state index in [0.717, 1.165) is 17.3 Å². The third kappa shape index (κ3) is 6.79. The van der Waals surface area contributed by atoms with Gasteiger partial charge < -0.3 is 14.8 Å². The van der Waals surface area contributed by atoms with Gasteiger partial charge in [0, 0.05) is 19.2 Å². The molecule has 2 amide bonds. The summed E-state index contributed by atoms with van der Waals surface area (Å²) in [4.78, 5) is 54.0. The summed E-state index contributed by atoms with van der Waals surface area (Å²) in [7, 11) is 3.31. The second kappa shape index (κ2) is 14.1. The summed E-state index contributed by atoms with van der Waals surface area (Å²) < 4.78 is 13.3. The number of hydrogen-bond acceptors (Lipinski definition) is 9. The summed E-state index contributed by atoms with van der Waals surface area (Å²) in [5.74, 6) is -0.666. The molecule has 1 saturated heterocycles. The molecule has 0 spiro atoms. The first-order valence-electron chi connectivity index (χ1n) is 14.4. The zero-order chi connectivity index (χ0) is 32.8. The Morgan fingerprint density at radius 1 is 1.00 bits per heavy atom. The molecular formula is C33H32N6O6S. The van der Waals surface area contributed by atoms with Crippen molar-refractivity contribution in [3.63, 3.8) is 0 Å². The lowest BCUT2D eigenvalue weighted by Crippen LogP contribution is -2.37. The van der Waals surface area contributed by atoms with Gasteiger partial charge in [0.25, 0.3) is 5.56 Å². The van der Waals surface area contributed by atoms with Crippen LogP contribution in [0, 0.1) is 6.92 Å². The SMILES string of the molecule is CCOC(=O)c1ccc(NC(=O)C[C@@H]2S/C(=N/N=C\c3ccc(OC)cc3)N(c3c(C)n(C)n(-c4ccccc4)c3=O)C2=O)cc1. The monoisotopic (exact) mass is 640 g/mol. The molecule has 46 heavy (non-hydrogen) atoms. The van der Waals surface area contributed by atoms with E-state index in [4.69, 9.17) is 9.47 Å². The Morgan fingerprint density at radius 2 is 1.70 bits per heavy atom. The average Bonchev–Trinajstić information content (AvgIpc) is 3.47. The molecule has 1 N–H and O–H groups in total. The molecule has 0 saturated carbocycles. The summed E-state index contributed by atoms with van der Waals surface area (Å²) in [5, 5.41) is 10.6. The number of esters is 1. The highest BCUT2D eigenvalue weighted by atomic mass is 32.2. The summed E-state index contributed by atoms with van der Waals surface area (Å²) >= 11 is 1.06. The first-order valence-corrected chi connectivity index (χ1v) is 15.3. The minimum atomic E-state index is -0.877. The Bertz CT molecular complexity index is 1860. The molecule has 12 nitrogen and oxygen atoms in total. The first-order chi connectivity index (χ1) is 22.2. The molecule has 0 aliphatic carbocycles. The Hall–Kier alpha value is -5.43. The van der Waals surface area contributed by atoms with Gasteiger partial charge in [-0.2, -0.15) is 5.10 Å². The smallest absolute Gasteiger partial charge is 0.338 e. The van der Waals surface area contributed by atoms with Gasteiger partial charge in [0.1, 0.15) is 16.7 Å². The second-order valence-electron chi connectivity index (χ2n) is 10.1. The molecule has 13 heteroatoms. The van der Waals surface area contributed by atoms with E-state index in [1.807, 2.05) is 18.2 Å². The van der Waals surface area contributed by atoms with Gasteiger partial charge in [0.05, 0.1) is 36.9 Å². The maximum atomic E-state index is 13.9. The molecule has 5 rings (SSSR count). The summed E-state index contributed by atoms with van der Waals surface area (Å²) in [6.45, 7) is 3.71. The van der Waals surface area contributed by atoms with Gasteiger partial charge >= 0.3 is 5.97 Å². The predicted octanol–water partition coefficient (Wildman–Crippen LogP) is 4.54. The van der Waals surface area contributed by atoms with Crippen LogP contribution in [-0.4, -0.2) is 57.5 Å². The molecule has 236 valence electrons. The molecule has 3 aromatic carbocycles. The summed E-state index contributed by atoms with van der Waals surface area (Å²) in [6.07, 6.45) is 1.33. The van der Waals surface area contributed by atoms with Gasteiger partial charge in [-0.1, -0.05) is 30.0 Å². The van der Waals surface area contributed by atoms with Crippen LogP contribution in [-0.2, 0) is 21.4 Å². The zero-order valence-electron chi connectivity index (χ0n) is 25.7. The molecule has 2 heterocycles. The van der Waals surface area contributed by atoms with E-state index >= 15 is 0 Å². The summed E-state index contributed by atoms with van der Waals surface area (Å²) in [6, 6.07) is 22.5. The van der Waals surface area contributed by atoms with Crippen LogP contribution in [0.1, 0.15) is 35.0 Å². The molecule has 0 unspecified atom stereocenters. The van der Waals surface area contributed by atoms with E-state index in [1.54, 1.807) is 93.4 Å². The number of aromatic nitrogens is 2. The number of carbonyl (C=O) groups is 3. The van der Waals surface area contributed by atoms with Gasteiger partial charge in [0.2, 0.25) is 11.8 Å². The fraction of sp³-hybridized carbons (Fsp3) is 0.212. The van der Waals surface area contributed by atoms with Crippen molar-refractivity contribution in [3.05, 3.63) is 106 Å². The number of hydrogen-bond donors (Lipinski definition) is 1. The number of nitrogens with zero attached hydrogens (tertiary/aromatic N) is 5. The van der Waals surface area contributed by atoms with Crippen LogP contribution in [0.2, 0.25) is 0 Å². The van der Waals surface area contributed by atoms with E-state index in [9.17, 15) is 19.2 Å². The largest absolute Gasteiger partial charge is 0.497 e. The van der Waals surface area contributed by atoms with Crippen LogP contribution in [0.15, 0.2) is 93.9 Å². The number of para-hydroxylation sites is 1. The number of rotatable bonds is 10.